The van der Waals surface area contributed by atoms with E-state index in [2.05, 4.69) is 103 Å². The summed E-state index contributed by atoms with van der Waals surface area (Å²) in [5.41, 5.74) is 9.27. The van der Waals surface area contributed by atoms with E-state index in [9.17, 15) is 10.5 Å². The Morgan fingerprint density at radius 1 is 0.579 bits per heavy atom. The molecule has 1 heterocycles. The summed E-state index contributed by atoms with van der Waals surface area (Å²) >= 11 is 0. The van der Waals surface area contributed by atoms with Gasteiger partial charge in [-0.3, -0.25) is 0 Å². The number of fused-ring (bicyclic) bond motifs is 6. The van der Waals surface area contributed by atoms with E-state index in [0.29, 0.717) is 11.1 Å². The van der Waals surface area contributed by atoms with Crippen LogP contribution in [0.4, 0.5) is 0 Å². The molecule has 0 saturated heterocycles. The second-order valence-electron chi connectivity index (χ2n) is 10.8. The zero-order valence-electron chi connectivity index (χ0n) is 21.0. The lowest BCUT2D eigenvalue weighted by Gasteiger charge is -2.22. The molecule has 0 saturated carbocycles. The van der Waals surface area contributed by atoms with E-state index in [4.69, 9.17) is 0 Å². The molecule has 0 amide bonds. The lowest BCUT2D eigenvalue weighted by Crippen LogP contribution is -2.14. The van der Waals surface area contributed by atoms with Gasteiger partial charge in [-0.15, -0.1) is 0 Å². The van der Waals surface area contributed by atoms with Crippen LogP contribution >= 0.6 is 0 Å². The van der Waals surface area contributed by atoms with E-state index in [-0.39, 0.29) is 5.41 Å². The van der Waals surface area contributed by atoms with Crippen molar-refractivity contribution in [2.24, 2.45) is 0 Å². The molecule has 176 valence electrons. The van der Waals surface area contributed by atoms with Gasteiger partial charge in [-0.1, -0.05) is 62.4 Å². The molecule has 3 nitrogen and oxygen atoms in total. The van der Waals surface area contributed by atoms with Gasteiger partial charge in [0.05, 0.1) is 34.3 Å². The normalized spacial score (nSPS) is 13.7. The molecule has 0 N–H and O–H groups in total. The molecule has 1 aliphatic rings. The standard InChI is InChI=1S/C35H21N3/c1-35(2)29-10-4-3-7-23(29)28-16-26-24-8-5-11-31-33(24)34-25(27(26)17-30(28)35)9-6-12-32(34)38(31)22-14-20(18-36)13-21(15-22)19-37/h3-17H,1-2H3. The highest BCUT2D eigenvalue weighted by molar-refractivity contribution is 6.34. The van der Waals surface area contributed by atoms with Crippen LogP contribution in [0.5, 0.6) is 0 Å². The Labute approximate surface area is 219 Å². The van der Waals surface area contributed by atoms with Gasteiger partial charge in [0.1, 0.15) is 0 Å². The van der Waals surface area contributed by atoms with Crippen molar-refractivity contribution in [3.8, 4) is 29.0 Å². The van der Waals surface area contributed by atoms with Crippen LogP contribution in [0.2, 0.25) is 0 Å². The van der Waals surface area contributed by atoms with Crippen LogP contribution < -0.4 is 0 Å². The first-order valence-corrected chi connectivity index (χ1v) is 12.8. The van der Waals surface area contributed by atoms with Crippen LogP contribution in [0.25, 0.3) is 60.2 Å². The zero-order chi connectivity index (χ0) is 25.8. The fourth-order valence-electron chi connectivity index (χ4n) is 6.90. The Hall–Kier alpha value is -5.12. The van der Waals surface area contributed by atoms with Crippen molar-refractivity contribution < 1.29 is 0 Å². The summed E-state index contributed by atoms with van der Waals surface area (Å²) in [6.07, 6.45) is 0. The number of nitrogens with zero attached hydrogens (tertiary/aromatic N) is 3. The summed E-state index contributed by atoms with van der Waals surface area (Å²) in [4.78, 5) is 0. The van der Waals surface area contributed by atoms with Gasteiger partial charge in [0.15, 0.2) is 0 Å². The predicted molar refractivity (Wildman–Crippen MR) is 154 cm³/mol. The number of aromatic nitrogens is 1. The Morgan fingerprint density at radius 2 is 1.18 bits per heavy atom. The van der Waals surface area contributed by atoms with Gasteiger partial charge >= 0.3 is 0 Å². The van der Waals surface area contributed by atoms with Gasteiger partial charge in [0.2, 0.25) is 0 Å². The molecule has 0 aliphatic heterocycles. The molecule has 38 heavy (non-hydrogen) atoms. The average Bonchev–Trinajstić information content (AvgIpc) is 3.41. The molecule has 0 atom stereocenters. The van der Waals surface area contributed by atoms with Gasteiger partial charge in [-0.05, 0) is 86.3 Å². The molecular formula is C35H21N3. The van der Waals surface area contributed by atoms with Crippen molar-refractivity contribution in [1.29, 1.82) is 10.5 Å². The molecule has 8 rings (SSSR count). The third kappa shape index (κ3) is 2.46. The summed E-state index contributed by atoms with van der Waals surface area (Å²) < 4.78 is 2.21. The molecule has 0 unspecified atom stereocenters. The summed E-state index contributed by atoms with van der Waals surface area (Å²) in [7, 11) is 0. The van der Waals surface area contributed by atoms with Crippen molar-refractivity contribution in [3.05, 3.63) is 113 Å². The number of nitriles is 2. The summed E-state index contributed by atoms with van der Waals surface area (Å²) in [5.74, 6) is 0. The topological polar surface area (TPSA) is 52.5 Å². The van der Waals surface area contributed by atoms with E-state index in [1.165, 1.54) is 54.6 Å². The second-order valence-corrected chi connectivity index (χ2v) is 10.8. The summed E-state index contributed by atoms with van der Waals surface area (Å²) in [6.45, 7) is 4.65. The predicted octanol–water partition coefficient (Wildman–Crippen LogP) is 8.58. The number of rotatable bonds is 1. The highest BCUT2D eigenvalue weighted by Crippen LogP contribution is 2.52. The molecule has 1 aromatic heterocycles. The molecule has 0 radical (unpaired) electrons. The quantitative estimate of drug-likeness (QED) is 0.220. The van der Waals surface area contributed by atoms with E-state index in [1.54, 1.807) is 6.07 Å². The Morgan fingerprint density at radius 3 is 1.82 bits per heavy atom. The van der Waals surface area contributed by atoms with Crippen molar-refractivity contribution in [3.63, 3.8) is 0 Å². The minimum atomic E-state index is -0.0709. The first kappa shape index (κ1) is 21.0. The fourth-order valence-corrected chi connectivity index (χ4v) is 6.90. The fraction of sp³-hybridized carbons (Fsp3) is 0.0857. The molecule has 6 aromatic carbocycles. The molecule has 0 bridgehead atoms. The van der Waals surface area contributed by atoms with E-state index >= 15 is 0 Å². The van der Waals surface area contributed by atoms with Crippen LogP contribution in [0, 0.1) is 22.7 Å². The van der Waals surface area contributed by atoms with Gasteiger partial charge in [0.25, 0.3) is 0 Å². The SMILES string of the molecule is CC1(C)c2ccccc2-c2cc3c(cc21)c1cccc2c1c1c3cccc1n2-c1cc(C#N)cc(C#N)c1. The van der Waals surface area contributed by atoms with Crippen molar-refractivity contribution >= 4 is 43.4 Å². The maximum absolute atomic E-state index is 9.65. The third-order valence-electron chi connectivity index (χ3n) is 8.55. The van der Waals surface area contributed by atoms with Gasteiger partial charge in [-0.25, -0.2) is 0 Å². The molecule has 1 aliphatic carbocycles. The molecule has 0 spiro atoms. The van der Waals surface area contributed by atoms with Crippen LogP contribution in [-0.4, -0.2) is 4.57 Å². The van der Waals surface area contributed by atoms with E-state index in [0.717, 1.165) is 16.7 Å². The number of benzene rings is 6. The lowest BCUT2D eigenvalue weighted by atomic mass is 9.81. The lowest BCUT2D eigenvalue weighted by molar-refractivity contribution is 0.661. The highest BCUT2D eigenvalue weighted by atomic mass is 15.0. The highest BCUT2D eigenvalue weighted by Gasteiger charge is 2.36. The second kappa shape index (κ2) is 7.00. The number of hydrogen-bond donors (Lipinski definition) is 0. The number of hydrogen-bond acceptors (Lipinski definition) is 2. The van der Waals surface area contributed by atoms with E-state index < -0.39 is 0 Å². The molecule has 3 heteroatoms. The van der Waals surface area contributed by atoms with Gasteiger partial charge < -0.3 is 4.57 Å². The first-order valence-electron chi connectivity index (χ1n) is 12.8. The maximum atomic E-state index is 9.65. The smallest absolute Gasteiger partial charge is 0.0992 e. The monoisotopic (exact) mass is 483 g/mol. The minimum Gasteiger partial charge on any atom is -0.309 e. The van der Waals surface area contributed by atoms with Crippen LogP contribution in [-0.2, 0) is 5.41 Å². The molecular weight excluding hydrogens is 462 g/mol. The summed E-state index contributed by atoms with van der Waals surface area (Å²) in [6, 6.07) is 36.4. The Balaban J connectivity index is 1.57. The largest absolute Gasteiger partial charge is 0.309 e. The minimum absolute atomic E-state index is 0.0709. The van der Waals surface area contributed by atoms with Gasteiger partial charge in [0, 0.05) is 21.9 Å². The maximum Gasteiger partial charge on any atom is 0.0992 e. The first-order chi connectivity index (χ1) is 18.5. The molecule has 7 aromatic rings. The van der Waals surface area contributed by atoms with Crippen LogP contribution in [0.1, 0.15) is 36.1 Å². The molecule has 0 fully saturated rings. The Bertz CT molecular complexity index is 2200. The van der Waals surface area contributed by atoms with Crippen molar-refractivity contribution in [2.45, 2.75) is 19.3 Å². The summed E-state index contributed by atoms with van der Waals surface area (Å²) in [5, 5.41) is 26.7. The third-order valence-corrected chi connectivity index (χ3v) is 8.55. The van der Waals surface area contributed by atoms with Crippen molar-refractivity contribution in [1.82, 2.24) is 4.57 Å². The average molecular weight is 484 g/mol. The Kier molecular flexibility index (Phi) is 3.87. The zero-order valence-corrected chi connectivity index (χ0v) is 21.0. The van der Waals surface area contributed by atoms with Crippen LogP contribution in [0.3, 0.4) is 0 Å². The van der Waals surface area contributed by atoms with E-state index in [1.807, 2.05) is 12.1 Å². The van der Waals surface area contributed by atoms with Crippen LogP contribution in [0.15, 0.2) is 91.0 Å². The van der Waals surface area contributed by atoms with Crippen molar-refractivity contribution in [2.75, 3.05) is 0 Å². The van der Waals surface area contributed by atoms with Gasteiger partial charge in [-0.2, -0.15) is 10.5 Å².